The van der Waals surface area contributed by atoms with E-state index in [9.17, 15) is 9.18 Å². The van der Waals surface area contributed by atoms with Crippen LogP contribution < -0.4 is 10.6 Å². The number of anilines is 2. The van der Waals surface area contributed by atoms with E-state index >= 15 is 0 Å². The van der Waals surface area contributed by atoms with Gasteiger partial charge in [-0.15, -0.1) is 0 Å². The Kier molecular flexibility index (Phi) is 6.62. The molecule has 2 fully saturated rings. The number of ether oxygens (including phenoxy) is 1. The average molecular weight is 412 g/mol. The number of pyridine rings is 1. The number of halogens is 1. The normalized spacial score (nSPS) is 17.8. The summed E-state index contributed by atoms with van der Waals surface area (Å²) in [5.41, 5.74) is 3.38. The number of carbonyl (C=O) groups is 1. The van der Waals surface area contributed by atoms with E-state index in [0.29, 0.717) is 29.8 Å². The van der Waals surface area contributed by atoms with E-state index in [2.05, 4.69) is 15.6 Å². The predicted molar refractivity (Wildman–Crippen MR) is 116 cm³/mol. The van der Waals surface area contributed by atoms with Crippen LogP contribution >= 0.6 is 0 Å². The molecular formula is C24H30FN3O2. The van der Waals surface area contributed by atoms with Crippen molar-refractivity contribution >= 4 is 17.4 Å². The summed E-state index contributed by atoms with van der Waals surface area (Å²) in [6.45, 7) is 4.10. The van der Waals surface area contributed by atoms with Gasteiger partial charge < -0.3 is 15.4 Å². The van der Waals surface area contributed by atoms with Crippen molar-refractivity contribution < 1.29 is 13.9 Å². The van der Waals surface area contributed by atoms with Crippen LogP contribution in [0.25, 0.3) is 0 Å². The third-order valence-electron chi connectivity index (χ3n) is 6.32. The fourth-order valence-corrected chi connectivity index (χ4v) is 4.49. The van der Waals surface area contributed by atoms with Gasteiger partial charge in [-0.1, -0.05) is 12.8 Å². The van der Waals surface area contributed by atoms with Crippen LogP contribution in [0.1, 0.15) is 65.9 Å². The quantitative estimate of drug-likeness (QED) is 0.695. The van der Waals surface area contributed by atoms with Gasteiger partial charge in [-0.2, -0.15) is 0 Å². The molecule has 0 bridgehead atoms. The Morgan fingerprint density at radius 3 is 2.67 bits per heavy atom. The highest BCUT2D eigenvalue weighted by molar-refractivity contribution is 5.96. The molecule has 1 aliphatic carbocycles. The molecule has 1 amide bonds. The van der Waals surface area contributed by atoms with Gasteiger partial charge in [0.2, 0.25) is 0 Å². The molecule has 0 radical (unpaired) electrons. The molecule has 1 aromatic heterocycles. The summed E-state index contributed by atoms with van der Waals surface area (Å²) in [5, 5.41) is 6.41. The largest absolute Gasteiger partial charge is 0.381 e. The minimum absolute atomic E-state index is 0.0413. The number of rotatable bonds is 6. The second-order valence-corrected chi connectivity index (χ2v) is 8.49. The van der Waals surface area contributed by atoms with E-state index in [1.165, 1.54) is 25.0 Å². The van der Waals surface area contributed by atoms with Crippen molar-refractivity contribution in [2.45, 2.75) is 51.4 Å². The maximum absolute atomic E-state index is 13.4. The zero-order valence-corrected chi connectivity index (χ0v) is 17.5. The zero-order chi connectivity index (χ0) is 20.9. The minimum Gasteiger partial charge on any atom is -0.381 e. The molecule has 0 unspecified atom stereocenters. The first-order valence-electron chi connectivity index (χ1n) is 11.0. The first kappa shape index (κ1) is 20.8. The van der Waals surface area contributed by atoms with Crippen LogP contribution in [-0.4, -0.2) is 30.6 Å². The van der Waals surface area contributed by atoms with Gasteiger partial charge in [0.1, 0.15) is 11.6 Å². The number of aromatic nitrogens is 1. The summed E-state index contributed by atoms with van der Waals surface area (Å²) in [4.78, 5) is 17.5. The van der Waals surface area contributed by atoms with Gasteiger partial charge in [-0.25, -0.2) is 9.37 Å². The molecule has 2 aromatic rings. The summed E-state index contributed by atoms with van der Waals surface area (Å²) in [6, 6.07) is 6.65. The molecule has 5 nitrogen and oxygen atoms in total. The molecule has 1 saturated heterocycles. The van der Waals surface area contributed by atoms with E-state index in [0.717, 1.165) is 55.7 Å². The Balaban J connectivity index is 1.53. The van der Waals surface area contributed by atoms with E-state index in [1.807, 2.05) is 13.0 Å². The molecule has 2 N–H and O–H groups in total. The zero-order valence-electron chi connectivity index (χ0n) is 17.5. The minimum atomic E-state index is -0.255. The Bertz CT molecular complexity index is 890. The molecule has 0 atom stereocenters. The molecule has 0 spiro atoms. The monoisotopic (exact) mass is 411 g/mol. The van der Waals surface area contributed by atoms with Crippen LogP contribution in [0.4, 0.5) is 15.9 Å². The SMILES string of the molecule is Cc1cc(F)ccc1Nc1cc(C2CCCC2)c(C(=O)NCC2CCOCC2)cn1. The highest BCUT2D eigenvalue weighted by atomic mass is 19.1. The van der Waals surface area contributed by atoms with Gasteiger partial charge in [0.05, 0.1) is 5.56 Å². The number of nitrogens with zero attached hydrogens (tertiary/aromatic N) is 1. The van der Waals surface area contributed by atoms with Crippen molar-refractivity contribution in [3.05, 3.63) is 53.0 Å². The molecule has 4 rings (SSSR count). The molecule has 2 aliphatic rings. The maximum atomic E-state index is 13.4. The van der Waals surface area contributed by atoms with Crippen LogP contribution in [0, 0.1) is 18.7 Å². The molecule has 30 heavy (non-hydrogen) atoms. The number of hydrogen-bond donors (Lipinski definition) is 2. The number of amides is 1. The summed E-state index contributed by atoms with van der Waals surface area (Å²) in [7, 11) is 0. The number of nitrogens with one attached hydrogen (secondary N) is 2. The summed E-state index contributed by atoms with van der Waals surface area (Å²) >= 11 is 0. The van der Waals surface area contributed by atoms with Gasteiger partial charge >= 0.3 is 0 Å². The Hall–Kier alpha value is -2.47. The number of aryl methyl sites for hydroxylation is 1. The van der Waals surface area contributed by atoms with Gasteiger partial charge in [0.15, 0.2) is 0 Å². The fourth-order valence-electron chi connectivity index (χ4n) is 4.49. The van der Waals surface area contributed by atoms with E-state index in [-0.39, 0.29) is 11.7 Å². The molecule has 160 valence electrons. The van der Waals surface area contributed by atoms with Crippen molar-refractivity contribution in [2.75, 3.05) is 25.1 Å². The molecular weight excluding hydrogens is 381 g/mol. The van der Waals surface area contributed by atoms with Crippen molar-refractivity contribution in [3.63, 3.8) is 0 Å². The second kappa shape index (κ2) is 9.56. The Labute approximate surface area is 177 Å². The lowest BCUT2D eigenvalue weighted by Crippen LogP contribution is -2.33. The fraction of sp³-hybridized carbons (Fsp3) is 0.500. The van der Waals surface area contributed by atoms with Gasteiger partial charge in [0.25, 0.3) is 5.91 Å². The van der Waals surface area contributed by atoms with Gasteiger partial charge in [0, 0.05) is 31.6 Å². The lowest BCUT2D eigenvalue weighted by Gasteiger charge is -2.23. The van der Waals surface area contributed by atoms with Crippen LogP contribution in [0.2, 0.25) is 0 Å². The summed E-state index contributed by atoms with van der Waals surface area (Å²) in [5.74, 6) is 1.25. The van der Waals surface area contributed by atoms with Crippen molar-refractivity contribution in [3.8, 4) is 0 Å². The van der Waals surface area contributed by atoms with E-state index < -0.39 is 0 Å². The van der Waals surface area contributed by atoms with Crippen LogP contribution in [0.3, 0.4) is 0 Å². The Morgan fingerprint density at radius 1 is 1.17 bits per heavy atom. The number of hydrogen-bond acceptors (Lipinski definition) is 4. The smallest absolute Gasteiger partial charge is 0.253 e. The van der Waals surface area contributed by atoms with Crippen molar-refractivity contribution in [1.29, 1.82) is 0 Å². The number of benzene rings is 1. The van der Waals surface area contributed by atoms with E-state index in [4.69, 9.17) is 4.74 Å². The highest BCUT2D eigenvalue weighted by Crippen LogP contribution is 2.37. The lowest BCUT2D eigenvalue weighted by atomic mass is 9.93. The van der Waals surface area contributed by atoms with Crippen LogP contribution in [0.5, 0.6) is 0 Å². The highest BCUT2D eigenvalue weighted by Gasteiger charge is 2.24. The first-order chi connectivity index (χ1) is 14.6. The average Bonchev–Trinajstić information content (AvgIpc) is 3.29. The first-order valence-corrected chi connectivity index (χ1v) is 11.0. The molecule has 1 saturated carbocycles. The van der Waals surface area contributed by atoms with Crippen LogP contribution in [-0.2, 0) is 4.74 Å². The second-order valence-electron chi connectivity index (χ2n) is 8.49. The van der Waals surface area contributed by atoms with Gasteiger partial charge in [-0.3, -0.25) is 4.79 Å². The third-order valence-corrected chi connectivity index (χ3v) is 6.32. The molecule has 6 heteroatoms. The van der Waals surface area contributed by atoms with Gasteiger partial charge in [-0.05, 0) is 79.8 Å². The van der Waals surface area contributed by atoms with E-state index in [1.54, 1.807) is 12.3 Å². The van der Waals surface area contributed by atoms with Crippen LogP contribution in [0.15, 0.2) is 30.5 Å². The van der Waals surface area contributed by atoms with Crippen molar-refractivity contribution in [2.24, 2.45) is 5.92 Å². The molecule has 1 aliphatic heterocycles. The molecule has 1 aromatic carbocycles. The topological polar surface area (TPSA) is 63.2 Å². The Morgan fingerprint density at radius 2 is 1.93 bits per heavy atom. The standard InChI is InChI=1S/C24H30FN3O2/c1-16-12-19(25)6-7-22(16)28-23-13-20(18-4-2-3-5-18)21(15-26-23)24(29)27-14-17-8-10-30-11-9-17/h6-7,12-13,15,17-18H,2-5,8-11,14H2,1H3,(H,26,28)(H,27,29). The number of carbonyl (C=O) groups excluding carboxylic acids is 1. The third kappa shape index (κ3) is 4.98. The van der Waals surface area contributed by atoms with Crippen molar-refractivity contribution in [1.82, 2.24) is 10.3 Å². The summed E-state index contributed by atoms with van der Waals surface area (Å²) in [6.07, 6.45) is 8.25. The lowest BCUT2D eigenvalue weighted by molar-refractivity contribution is 0.0642. The maximum Gasteiger partial charge on any atom is 0.253 e. The molecule has 2 heterocycles. The predicted octanol–water partition coefficient (Wildman–Crippen LogP) is 5.09. The summed E-state index contributed by atoms with van der Waals surface area (Å²) < 4.78 is 18.8.